The number of carbonyl (C=O) groups excluding carboxylic acids is 2. The van der Waals surface area contributed by atoms with E-state index in [2.05, 4.69) is 11.7 Å². The van der Waals surface area contributed by atoms with Gasteiger partial charge in [0.25, 0.3) is 0 Å². The molecule has 0 fully saturated rings. The monoisotopic (exact) mass is 238 g/mol. The molecule has 0 saturated heterocycles. The summed E-state index contributed by atoms with van der Waals surface area (Å²) < 4.78 is 4.54. The minimum absolute atomic E-state index is 0.432. The van der Waals surface area contributed by atoms with E-state index in [4.69, 9.17) is 0 Å². The van der Waals surface area contributed by atoms with E-state index in [1.165, 1.54) is 32.1 Å². The zero-order valence-corrected chi connectivity index (χ0v) is 10.9. The smallest absolute Gasteiger partial charge is 0.342 e. The molecule has 0 spiro atoms. The molecular formula is C14H22O3. The molecule has 0 amide bonds. The van der Waals surface area contributed by atoms with Crippen LogP contribution in [0.3, 0.4) is 0 Å². The van der Waals surface area contributed by atoms with Crippen molar-refractivity contribution in [2.75, 3.05) is 0 Å². The molecule has 1 aliphatic heterocycles. The van der Waals surface area contributed by atoms with Crippen molar-refractivity contribution in [1.29, 1.82) is 0 Å². The van der Waals surface area contributed by atoms with Crippen LogP contribution < -0.4 is 0 Å². The van der Waals surface area contributed by atoms with E-state index in [-0.39, 0.29) is 0 Å². The van der Waals surface area contributed by atoms with Crippen LogP contribution in [0.5, 0.6) is 0 Å². The third-order valence-corrected chi connectivity index (χ3v) is 3.22. The lowest BCUT2D eigenvalue weighted by Gasteiger charge is -2.01. The van der Waals surface area contributed by atoms with Crippen LogP contribution in [0.25, 0.3) is 0 Å². The van der Waals surface area contributed by atoms with Crippen LogP contribution in [0.1, 0.15) is 65.2 Å². The average molecular weight is 238 g/mol. The summed E-state index contributed by atoms with van der Waals surface area (Å²) >= 11 is 0. The van der Waals surface area contributed by atoms with Gasteiger partial charge in [0, 0.05) is 11.1 Å². The van der Waals surface area contributed by atoms with Crippen molar-refractivity contribution in [3.05, 3.63) is 11.1 Å². The maximum absolute atomic E-state index is 11.3. The Morgan fingerprint density at radius 1 is 0.882 bits per heavy atom. The van der Waals surface area contributed by atoms with E-state index >= 15 is 0 Å². The number of esters is 2. The molecule has 1 heterocycles. The van der Waals surface area contributed by atoms with E-state index < -0.39 is 11.9 Å². The first-order valence-corrected chi connectivity index (χ1v) is 6.63. The van der Waals surface area contributed by atoms with E-state index in [9.17, 15) is 9.59 Å². The van der Waals surface area contributed by atoms with Crippen molar-refractivity contribution in [2.45, 2.75) is 65.2 Å². The van der Waals surface area contributed by atoms with Crippen molar-refractivity contribution < 1.29 is 14.3 Å². The van der Waals surface area contributed by atoms with Gasteiger partial charge in [-0.3, -0.25) is 0 Å². The van der Waals surface area contributed by atoms with Gasteiger partial charge in [-0.2, -0.15) is 0 Å². The topological polar surface area (TPSA) is 43.4 Å². The molecule has 0 bridgehead atoms. The average Bonchev–Trinajstić information content (AvgIpc) is 2.54. The summed E-state index contributed by atoms with van der Waals surface area (Å²) in [6.07, 6.45) is 9.15. The Balaban J connectivity index is 2.15. The lowest BCUT2D eigenvalue weighted by Crippen LogP contribution is -2.01. The molecule has 1 rings (SSSR count). The summed E-state index contributed by atoms with van der Waals surface area (Å²) in [6, 6.07) is 0. The number of cyclic esters (lactones) is 2. The van der Waals surface area contributed by atoms with Crippen LogP contribution in [0.15, 0.2) is 11.1 Å². The minimum Gasteiger partial charge on any atom is -0.386 e. The molecule has 0 aromatic rings. The Morgan fingerprint density at radius 3 is 2.00 bits per heavy atom. The molecule has 0 aromatic heterocycles. The van der Waals surface area contributed by atoms with Gasteiger partial charge < -0.3 is 4.74 Å². The third-order valence-electron chi connectivity index (χ3n) is 3.22. The van der Waals surface area contributed by atoms with E-state index in [0.717, 1.165) is 12.8 Å². The maximum Gasteiger partial charge on any atom is 0.342 e. The summed E-state index contributed by atoms with van der Waals surface area (Å²) in [5.41, 5.74) is 1.09. The van der Waals surface area contributed by atoms with Gasteiger partial charge in [-0.25, -0.2) is 9.59 Å². The van der Waals surface area contributed by atoms with Crippen LogP contribution in [0.2, 0.25) is 0 Å². The van der Waals surface area contributed by atoms with Crippen molar-refractivity contribution in [3.8, 4) is 0 Å². The molecule has 3 heteroatoms. The van der Waals surface area contributed by atoms with Crippen molar-refractivity contribution >= 4 is 11.9 Å². The second kappa shape index (κ2) is 7.25. The molecule has 3 nitrogen and oxygen atoms in total. The van der Waals surface area contributed by atoms with E-state index in [1.54, 1.807) is 6.92 Å². The number of hydrogen-bond donors (Lipinski definition) is 0. The lowest BCUT2D eigenvalue weighted by molar-refractivity contribution is -0.151. The van der Waals surface area contributed by atoms with Crippen LogP contribution in [-0.4, -0.2) is 11.9 Å². The second-order valence-corrected chi connectivity index (χ2v) is 4.65. The molecule has 0 aromatic carbocycles. The molecule has 0 atom stereocenters. The Morgan fingerprint density at radius 2 is 1.47 bits per heavy atom. The Hall–Kier alpha value is -1.12. The number of ether oxygens (including phenoxy) is 1. The molecular weight excluding hydrogens is 216 g/mol. The minimum atomic E-state index is -0.465. The first-order valence-electron chi connectivity index (χ1n) is 6.63. The predicted molar refractivity (Wildman–Crippen MR) is 66.4 cm³/mol. The highest BCUT2D eigenvalue weighted by Crippen LogP contribution is 2.22. The summed E-state index contributed by atoms with van der Waals surface area (Å²) in [5, 5.41) is 0. The number of hydrogen-bond acceptors (Lipinski definition) is 3. The molecule has 96 valence electrons. The van der Waals surface area contributed by atoms with Gasteiger partial charge in [0.15, 0.2) is 0 Å². The molecule has 17 heavy (non-hydrogen) atoms. The highest BCUT2D eigenvalue weighted by Gasteiger charge is 2.28. The summed E-state index contributed by atoms with van der Waals surface area (Å²) in [7, 11) is 0. The zero-order chi connectivity index (χ0) is 12.7. The van der Waals surface area contributed by atoms with Crippen LogP contribution in [-0.2, 0) is 14.3 Å². The van der Waals surface area contributed by atoms with Gasteiger partial charge in [0.1, 0.15) is 0 Å². The molecule has 1 aliphatic rings. The van der Waals surface area contributed by atoms with Crippen molar-refractivity contribution in [1.82, 2.24) is 0 Å². The molecule has 0 N–H and O–H groups in total. The molecule has 0 aliphatic carbocycles. The number of rotatable bonds is 8. The molecule has 0 radical (unpaired) electrons. The van der Waals surface area contributed by atoms with Crippen LogP contribution in [0, 0.1) is 0 Å². The fraction of sp³-hybridized carbons (Fsp3) is 0.714. The van der Waals surface area contributed by atoms with Crippen LogP contribution >= 0.6 is 0 Å². The Labute approximate surface area is 103 Å². The van der Waals surface area contributed by atoms with Crippen molar-refractivity contribution in [2.24, 2.45) is 0 Å². The van der Waals surface area contributed by atoms with Gasteiger partial charge in [-0.15, -0.1) is 0 Å². The maximum atomic E-state index is 11.3. The SMILES string of the molecule is CCCCCCCCCC1=C(C)C(=O)OC1=O. The van der Waals surface area contributed by atoms with Gasteiger partial charge in [0.2, 0.25) is 0 Å². The standard InChI is InChI=1S/C14H22O3/c1-3-4-5-6-7-8-9-10-12-11(2)13(15)17-14(12)16/h3-10H2,1-2H3. The molecule has 0 saturated carbocycles. The summed E-state index contributed by atoms with van der Waals surface area (Å²) in [4.78, 5) is 22.4. The predicted octanol–water partition coefficient (Wildman–Crippen LogP) is 3.53. The van der Waals surface area contributed by atoms with Gasteiger partial charge in [0.05, 0.1) is 0 Å². The van der Waals surface area contributed by atoms with Gasteiger partial charge >= 0.3 is 11.9 Å². The fourth-order valence-corrected chi connectivity index (χ4v) is 2.05. The van der Waals surface area contributed by atoms with E-state index in [0.29, 0.717) is 17.6 Å². The highest BCUT2D eigenvalue weighted by atomic mass is 16.6. The van der Waals surface area contributed by atoms with E-state index in [1.807, 2.05) is 0 Å². The molecule has 0 unspecified atom stereocenters. The fourth-order valence-electron chi connectivity index (χ4n) is 2.05. The Kier molecular flexibility index (Phi) is 5.95. The first-order chi connectivity index (χ1) is 8.16. The van der Waals surface area contributed by atoms with Gasteiger partial charge in [-0.1, -0.05) is 45.4 Å². The quantitative estimate of drug-likeness (QED) is 0.369. The van der Waals surface area contributed by atoms with Crippen molar-refractivity contribution in [3.63, 3.8) is 0 Å². The summed E-state index contributed by atoms with van der Waals surface area (Å²) in [6.45, 7) is 3.88. The lowest BCUT2D eigenvalue weighted by atomic mass is 10.0. The zero-order valence-electron chi connectivity index (χ0n) is 10.9. The number of unbranched alkanes of at least 4 members (excludes halogenated alkanes) is 6. The highest BCUT2D eigenvalue weighted by molar-refractivity contribution is 6.11. The largest absolute Gasteiger partial charge is 0.386 e. The van der Waals surface area contributed by atoms with Gasteiger partial charge in [-0.05, 0) is 19.8 Å². The normalized spacial score (nSPS) is 15.6. The first kappa shape index (κ1) is 13.9. The number of carbonyl (C=O) groups is 2. The van der Waals surface area contributed by atoms with Crippen LogP contribution in [0.4, 0.5) is 0 Å². The summed E-state index contributed by atoms with van der Waals surface area (Å²) in [5.74, 6) is -0.897. The Bertz CT molecular complexity index is 315. The second-order valence-electron chi connectivity index (χ2n) is 4.65. The third kappa shape index (κ3) is 4.33.